The average Bonchev–Trinajstić information content (AvgIpc) is 3.20. The zero-order chi connectivity index (χ0) is 19.5. The van der Waals surface area contributed by atoms with E-state index in [1.807, 2.05) is 60.7 Å². The highest BCUT2D eigenvalue weighted by Gasteiger charge is 2.17. The van der Waals surface area contributed by atoms with Crippen LogP contribution in [0.1, 0.15) is 0 Å². The van der Waals surface area contributed by atoms with Crippen molar-refractivity contribution in [3.8, 4) is 43.8 Å². The molecule has 0 N–H and O–H groups in total. The molecule has 0 radical (unpaired) electrons. The number of hydrogen-bond acceptors (Lipinski definition) is 4. The predicted octanol–water partition coefficient (Wildman–Crippen LogP) is 6.81. The van der Waals surface area contributed by atoms with E-state index in [1.54, 1.807) is 25.6 Å². The number of rotatable bonds is 5. The fourth-order valence-corrected chi connectivity index (χ4v) is 4.22. The normalized spacial score (nSPS) is 10.7. The second kappa shape index (κ2) is 8.05. The highest BCUT2D eigenvalue weighted by Crippen LogP contribution is 2.42. The van der Waals surface area contributed by atoms with Crippen LogP contribution in [0.15, 0.2) is 72.8 Å². The predicted molar refractivity (Wildman–Crippen MR) is 117 cm³/mol. The molecule has 0 saturated heterocycles. The summed E-state index contributed by atoms with van der Waals surface area (Å²) in [7, 11) is 3.27. The van der Waals surface area contributed by atoms with E-state index in [1.165, 1.54) is 0 Å². The van der Waals surface area contributed by atoms with Gasteiger partial charge in [0.2, 0.25) is 0 Å². The van der Waals surface area contributed by atoms with Crippen LogP contribution in [0.3, 0.4) is 0 Å². The molecule has 0 fully saturated rings. The largest absolute Gasteiger partial charge is 0.493 e. The van der Waals surface area contributed by atoms with E-state index in [-0.39, 0.29) is 0 Å². The smallest absolute Gasteiger partial charge is 0.161 e. The molecular formula is C23H18ClNO2S. The fourth-order valence-electron chi connectivity index (χ4n) is 3.00. The third-order valence-corrected chi connectivity index (χ3v) is 5.82. The molecule has 0 saturated carbocycles. The lowest BCUT2D eigenvalue weighted by atomic mass is 10.1. The Bertz CT molecular complexity index is 1090. The maximum absolute atomic E-state index is 6.08. The van der Waals surface area contributed by atoms with Crippen molar-refractivity contribution < 1.29 is 9.47 Å². The topological polar surface area (TPSA) is 31.4 Å². The van der Waals surface area contributed by atoms with Crippen LogP contribution in [0.25, 0.3) is 32.3 Å². The van der Waals surface area contributed by atoms with E-state index in [9.17, 15) is 0 Å². The number of ether oxygens (including phenoxy) is 2. The lowest BCUT2D eigenvalue weighted by molar-refractivity contribution is 0.355. The Morgan fingerprint density at radius 3 is 2.11 bits per heavy atom. The summed E-state index contributed by atoms with van der Waals surface area (Å²) in [5, 5.41) is 1.64. The van der Waals surface area contributed by atoms with E-state index in [2.05, 4.69) is 12.1 Å². The molecule has 1 aromatic heterocycles. The number of halogens is 1. The van der Waals surface area contributed by atoms with Gasteiger partial charge in [-0.3, -0.25) is 0 Å². The molecule has 0 aliphatic rings. The van der Waals surface area contributed by atoms with Gasteiger partial charge in [-0.25, -0.2) is 4.98 Å². The summed E-state index contributed by atoms with van der Waals surface area (Å²) in [5.41, 5.74) is 4.11. The monoisotopic (exact) mass is 407 g/mol. The van der Waals surface area contributed by atoms with Crippen LogP contribution in [0.4, 0.5) is 0 Å². The molecule has 28 heavy (non-hydrogen) atoms. The molecule has 0 unspecified atom stereocenters. The van der Waals surface area contributed by atoms with E-state index in [4.69, 9.17) is 26.1 Å². The van der Waals surface area contributed by atoms with Crippen molar-refractivity contribution >= 4 is 22.9 Å². The van der Waals surface area contributed by atoms with Crippen molar-refractivity contribution in [1.29, 1.82) is 0 Å². The highest BCUT2D eigenvalue weighted by molar-refractivity contribution is 7.19. The number of benzene rings is 3. The number of aromatic nitrogens is 1. The number of thiazole rings is 1. The first-order valence-electron chi connectivity index (χ1n) is 8.74. The van der Waals surface area contributed by atoms with Crippen LogP contribution in [-0.2, 0) is 0 Å². The first-order chi connectivity index (χ1) is 13.7. The number of methoxy groups -OCH3 is 2. The standard InChI is InChI=1S/C23H18ClNO2S/c1-26-19-13-10-17(14-20(19)27-2)23-25-21(15-6-4-3-5-7-15)22(28-23)16-8-11-18(24)12-9-16/h3-14H,1-2H3. The van der Waals surface area contributed by atoms with Gasteiger partial charge in [0.15, 0.2) is 11.5 Å². The minimum atomic E-state index is 0.685. The molecule has 5 heteroatoms. The van der Waals surface area contributed by atoms with E-state index < -0.39 is 0 Å². The van der Waals surface area contributed by atoms with Crippen LogP contribution >= 0.6 is 22.9 Å². The molecule has 3 nitrogen and oxygen atoms in total. The van der Waals surface area contributed by atoms with Crippen molar-refractivity contribution in [2.45, 2.75) is 0 Å². The Balaban J connectivity index is 1.87. The Morgan fingerprint density at radius 2 is 1.43 bits per heavy atom. The number of hydrogen-bond donors (Lipinski definition) is 0. The van der Waals surface area contributed by atoms with Gasteiger partial charge in [0.1, 0.15) is 5.01 Å². The van der Waals surface area contributed by atoms with Gasteiger partial charge in [0, 0.05) is 16.1 Å². The second-order valence-electron chi connectivity index (χ2n) is 6.14. The molecule has 140 valence electrons. The van der Waals surface area contributed by atoms with Crippen molar-refractivity contribution in [3.05, 3.63) is 77.8 Å². The summed E-state index contributed by atoms with van der Waals surface area (Å²) >= 11 is 7.73. The highest BCUT2D eigenvalue weighted by atomic mass is 35.5. The zero-order valence-corrected chi connectivity index (χ0v) is 17.1. The minimum absolute atomic E-state index is 0.685. The van der Waals surface area contributed by atoms with Crippen molar-refractivity contribution in [2.24, 2.45) is 0 Å². The minimum Gasteiger partial charge on any atom is -0.493 e. The number of nitrogens with zero attached hydrogens (tertiary/aromatic N) is 1. The lowest BCUT2D eigenvalue weighted by Crippen LogP contribution is -1.90. The molecule has 4 aromatic rings. The Hall–Kier alpha value is -2.82. The Labute approximate surface area is 173 Å². The molecule has 0 aliphatic heterocycles. The van der Waals surface area contributed by atoms with Crippen LogP contribution in [0.2, 0.25) is 5.02 Å². The van der Waals surface area contributed by atoms with Gasteiger partial charge in [0.25, 0.3) is 0 Å². The van der Waals surface area contributed by atoms with Crippen molar-refractivity contribution in [3.63, 3.8) is 0 Å². The van der Waals surface area contributed by atoms with Crippen LogP contribution < -0.4 is 9.47 Å². The Morgan fingerprint density at radius 1 is 0.750 bits per heavy atom. The molecule has 0 atom stereocenters. The summed E-state index contributed by atoms with van der Waals surface area (Å²) in [5.74, 6) is 1.38. The van der Waals surface area contributed by atoms with Gasteiger partial charge in [-0.1, -0.05) is 54.1 Å². The van der Waals surface area contributed by atoms with Gasteiger partial charge in [0.05, 0.1) is 24.8 Å². The summed E-state index contributed by atoms with van der Waals surface area (Å²) < 4.78 is 10.8. The molecule has 0 aliphatic carbocycles. The van der Waals surface area contributed by atoms with Crippen LogP contribution in [0.5, 0.6) is 11.5 Å². The first-order valence-corrected chi connectivity index (χ1v) is 9.93. The van der Waals surface area contributed by atoms with Gasteiger partial charge in [-0.05, 0) is 35.9 Å². The summed E-state index contributed by atoms with van der Waals surface area (Å²) in [6.07, 6.45) is 0. The van der Waals surface area contributed by atoms with Gasteiger partial charge in [-0.15, -0.1) is 11.3 Å². The molecule has 0 spiro atoms. The van der Waals surface area contributed by atoms with Crippen LogP contribution in [0, 0.1) is 0 Å². The quantitative estimate of drug-likeness (QED) is 0.364. The molecule has 3 aromatic carbocycles. The SMILES string of the molecule is COc1ccc(-c2nc(-c3ccccc3)c(-c3ccc(Cl)cc3)s2)cc1OC. The Kier molecular flexibility index (Phi) is 5.33. The summed E-state index contributed by atoms with van der Waals surface area (Å²) in [6, 6.07) is 23.9. The summed E-state index contributed by atoms with van der Waals surface area (Å²) in [4.78, 5) is 6.07. The van der Waals surface area contributed by atoms with Gasteiger partial charge < -0.3 is 9.47 Å². The maximum Gasteiger partial charge on any atom is 0.161 e. The van der Waals surface area contributed by atoms with Gasteiger partial charge >= 0.3 is 0 Å². The van der Waals surface area contributed by atoms with E-state index in [0.29, 0.717) is 11.5 Å². The molecule has 0 amide bonds. The van der Waals surface area contributed by atoms with Crippen LogP contribution in [-0.4, -0.2) is 19.2 Å². The summed E-state index contributed by atoms with van der Waals surface area (Å²) in [6.45, 7) is 0. The fraction of sp³-hybridized carbons (Fsp3) is 0.0870. The molecular weight excluding hydrogens is 390 g/mol. The molecule has 0 bridgehead atoms. The van der Waals surface area contributed by atoms with Crippen molar-refractivity contribution in [2.75, 3.05) is 14.2 Å². The third-order valence-electron chi connectivity index (χ3n) is 4.41. The van der Waals surface area contributed by atoms with E-state index in [0.717, 1.165) is 37.3 Å². The van der Waals surface area contributed by atoms with Crippen molar-refractivity contribution in [1.82, 2.24) is 4.98 Å². The average molecular weight is 408 g/mol. The maximum atomic E-state index is 6.08. The third kappa shape index (κ3) is 3.61. The lowest BCUT2D eigenvalue weighted by Gasteiger charge is -2.08. The van der Waals surface area contributed by atoms with E-state index >= 15 is 0 Å². The molecule has 4 rings (SSSR count). The second-order valence-corrected chi connectivity index (χ2v) is 7.57. The zero-order valence-electron chi connectivity index (χ0n) is 15.5. The first kappa shape index (κ1) is 18.5. The van der Waals surface area contributed by atoms with Gasteiger partial charge in [-0.2, -0.15) is 0 Å². The molecule has 1 heterocycles.